The molecule has 1 aromatic heterocycles. The molecule has 0 amide bonds. The molecule has 88 valence electrons. The first kappa shape index (κ1) is 11.9. The van der Waals surface area contributed by atoms with Crippen LogP contribution in [0, 0.1) is 0 Å². The quantitative estimate of drug-likeness (QED) is 0.843. The van der Waals surface area contributed by atoms with E-state index in [-0.39, 0.29) is 5.01 Å². The van der Waals surface area contributed by atoms with Crippen molar-refractivity contribution in [3.8, 4) is 0 Å². The maximum absolute atomic E-state index is 10.6. The average Bonchev–Trinajstić information content (AvgIpc) is 2.87. The molecule has 1 atom stereocenters. The third-order valence-electron chi connectivity index (χ3n) is 2.44. The first-order valence-electron chi connectivity index (χ1n) is 5.25. The number of aromatic carboxylic acids is 1. The van der Waals surface area contributed by atoms with E-state index in [0.29, 0.717) is 6.54 Å². The van der Waals surface area contributed by atoms with Gasteiger partial charge in [0.2, 0.25) is 5.01 Å². The lowest BCUT2D eigenvalue weighted by Gasteiger charge is -2.08. The predicted octanol–water partition coefficient (Wildman–Crippen LogP) is 1.83. The highest BCUT2D eigenvalue weighted by Gasteiger charge is 2.15. The van der Waals surface area contributed by atoms with E-state index in [1.54, 1.807) is 5.38 Å². The minimum atomic E-state index is -0.942. The number of carboxylic acid groups (broad SMARTS) is 1. The molecule has 0 radical (unpaired) electrons. The number of hydrogen-bond donors (Lipinski definition) is 2. The van der Waals surface area contributed by atoms with Gasteiger partial charge in [-0.3, -0.25) is 0 Å². The van der Waals surface area contributed by atoms with E-state index in [2.05, 4.69) is 10.3 Å². The normalized spacial score (nSPS) is 20.1. The lowest BCUT2D eigenvalue weighted by atomic mass is 10.2. The first-order valence-corrected chi connectivity index (χ1v) is 7.18. The fourth-order valence-electron chi connectivity index (χ4n) is 1.65. The van der Waals surface area contributed by atoms with Crippen LogP contribution in [0.2, 0.25) is 0 Å². The summed E-state index contributed by atoms with van der Waals surface area (Å²) in [5, 5.41) is 14.7. The predicted molar refractivity (Wildman–Crippen MR) is 66.3 cm³/mol. The molecule has 6 heteroatoms. The first-order chi connectivity index (χ1) is 7.75. The van der Waals surface area contributed by atoms with Gasteiger partial charge in [-0.05, 0) is 18.6 Å². The van der Waals surface area contributed by atoms with Gasteiger partial charge in [0.25, 0.3) is 0 Å². The number of hydrogen-bond acceptors (Lipinski definition) is 5. The molecule has 1 aromatic rings. The van der Waals surface area contributed by atoms with Crippen LogP contribution in [0.4, 0.5) is 0 Å². The zero-order chi connectivity index (χ0) is 11.4. The summed E-state index contributed by atoms with van der Waals surface area (Å²) in [7, 11) is 0. The summed E-state index contributed by atoms with van der Waals surface area (Å²) < 4.78 is 0. The maximum Gasteiger partial charge on any atom is 0.365 e. The van der Waals surface area contributed by atoms with Crippen LogP contribution in [0.5, 0.6) is 0 Å². The average molecular weight is 258 g/mol. The standard InChI is InChI=1S/C10H14N2O2S2/c13-10(14)9-12-7(6-16-9)4-11-5-8-2-1-3-15-8/h6,8,11H,1-5H2,(H,13,14). The second-order valence-electron chi connectivity index (χ2n) is 3.72. The van der Waals surface area contributed by atoms with Crippen molar-refractivity contribution in [1.82, 2.24) is 10.3 Å². The fourth-order valence-corrected chi connectivity index (χ4v) is 3.54. The molecule has 2 heterocycles. The summed E-state index contributed by atoms with van der Waals surface area (Å²) in [6.07, 6.45) is 2.60. The number of carboxylic acids is 1. The van der Waals surface area contributed by atoms with Crippen molar-refractivity contribution in [2.45, 2.75) is 24.6 Å². The molecule has 1 aliphatic rings. The largest absolute Gasteiger partial charge is 0.476 e. The summed E-state index contributed by atoms with van der Waals surface area (Å²) in [6, 6.07) is 0. The smallest absolute Gasteiger partial charge is 0.365 e. The molecule has 16 heavy (non-hydrogen) atoms. The van der Waals surface area contributed by atoms with Crippen LogP contribution < -0.4 is 5.32 Å². The number of nitrogens with one attached hydrogen (secondary N) is 1. The van der Waals surface area contributed by atoms with Gasteiger partial charge in [0.15, 0.2) is 0 Å². The molecule has 1 aliphatic heterocycles. The monoisotopic (exact) mass is 258 g/mol. The number of thiazole rings is 1. The van der Waals surface area contributed by atoms with Crippen LogP contribution in [-0.4, -0.2) is 33.6 Å². The van der Waals surface area contributed by atoms with Crippen molar-refractivity contribution in [1.29, 1.82) is 0 Å². The Morgan fingerprint density at radius 2 is 2.56 bits per heavy atom. The van der Waals surface area contributed by atoms with Gasteiger partial charge < -0.3 is 10.4 Å². The van der Waals surface area contributed by atoms with E-state index in [1.165, 1.54) is 29.9 Å². The van der Waals surface area contributed by atoms with Crippen molar-refractivity contribution in [2.24, 2.45) is 0 Å². The number of nitrogens with zero attached hydrogens (tertiary/aromatic N) is 1. The SMILES string of the molecule is O=C(O)c1nc(CNCC2CCCS2)cs1. The van der Waals surface area contributed by atoms with Gasteiger partial charge in [-0.25, -0.2) is 9.78 Å². The van der Waals surface area contributed by atoms with E-state index in [9.17, 15) is 4.79 Å². The molecule has 2 N–H and O–H groups in total. The Morgan fingerprint density at radius 3 is 3.19 bits per heavy atom. The Bertz CT molecular complexity index is 361. The molecule has 4 nitrogen and oxygen atoms in total. The van der Waals surface area contributed by atoms with Gasteiger partial charge in [-0.1, -0.05) is 0 Å². The van der Waals surface area contributed by atoms with Crippen molar-refractivity contribution in [3.05, 3.63) is 16.1 Å². The zero-order valence-corrected chi connectivity index (χ0v) is 10.4. The maximum atomic E-state index is 10.6. The van der Waals surface area contributed by atoms with Crippen LogP contribution in [0.1, 0.15) is 28.3 Å². The van der Waals surface area contributed by atoms with E-state index in [4.69, 9.17) is 5.11 Å². The topological polar surface area (TPSA) is 62.2 Å². The van der Waals surface area contributed by atoms with Gasteiger partial charge in [0.05, 0.1) is 5.69 Å². The zero-order valence-electron chi connectivity index (χ0n) is 8.81. The van der Waals surface area contributed by atoms with E-state index < -0.39 is 5.97 Å². The molecule has 0 aliphatic carbocycles. The van der Waals surface area contributed by atoms with E-state index in [1.807, 2.05) is 11.8 Å². The molecule has 0 spiro atoms. The molecule has 0 saturated carbocycles. The van der Waals surface area contributed by atoms with Crippen molar-refractivity contribution in [2.75, 3.05) is 12.3 Å². The molecule has 1 fully saturated rings. The van der Waals surface area contributed by atoms with Crippen LogP contribution in [-0.2, 0) is 6.54 Å². The Balaban J connectivity index is 1.74. The highest BCUT2D eigenvalue weighted by atomic mass is 32.2. The summed E-state index contributed by atoms with van der Waals surface area (Å²) in [4.78, 5) is 14.6. The van der Waals surface area contributed by atoms with Crippen molar-refractivity contribution in [3.63, 3.8) is 0 Å². The third-order valence-corrected chi connectivity index (χ3v) is 4.71. The number of thioether (sulfide) groups is 1. The van der Waals surface area contributed by atoms with Crippen LogP contribution >= 0.6 is 23.1 Å². The highest BCUT2D eigenvalue weighted by Crippen LogP contribution is 2.25. The van der Waals surface area contributed by atoms with Crippen LogP contribution in [0.25, 0.3) is 0 Å². The molecule has 1 saturated heterocycles. The molecule has 2 rings (SSSR count). The lowest BCUT2D eigenvalue weighted by Crippen LogP contribution is -2.22. The van der Waals surface area contributed by atoms with Crippen LogP contribution in [0.3, 0.4) is 0 Å². The lowest BCUT2D eigenvalue weighted by molar-refractivity contribution is 0.0696. The Morgan fingerprint density at radius 1 is 1.69 bits per heavy atom. The second kappa shape index (κ2) is 5.65. The third kappa shape index (κ3) is 3.20. The molecule has 1 unspecified atom stereocenters. The van der Waals surface area contributed by atoms with Crippen LogP contribution in [0.15, 0.2) is 5.38 Å². The molecule has 0 aromatic carbocycles. The van der Waals surface area contributed by atoms with Gasteiger partial charge in [-0.2, -0.15) is 11.8 Å². The summed E-state index contributed by atoms with van der Waals surface area (Å²) >= 11 is 3.20. The van der Waals surface area contributed by atoms with E-state index >= 15 is 0 Å². The Labute approximate surface area is 102 Å². The number of rotatable bonds is 5. The second-order valence-corrected chi connectivity index (χ2v) is 5.98. The summed E-state index contributed by atoms with van der Waals surface area (Å²) in [6.45, 7) is 1.66. The van der Waals surface area contributed by atoms with Crippen molar-refractivity contribution < 1.29 is 9.90 Å². The molecule has 0 bridgehead atoms. The molecular weight excluding hydrogens is 244 g/mol. The van der Waals surface area contributed by atoms with Gasteiger partial charge in [-0.15, -0.1) is 11.3 Å². The highest BCUT2D eigenvalue weighted by molar-refractivity contribution is 8.00. The van der Waals surface area contributed by atoms with Crippen molar-refractivity contribution >= 4 is 29.1 Å². The summed E-state index contributed by atoms with van der Waals surface area (Å²) in [5.74, 6) is 0.328. The summed E-state index contributed by atoms with van der Waals surface area (Å²) in [5.41, 5.74) is 0.824. The van der Waals surface area contributed by atoms with Gasteiger partial charge >= 0.3 is 5.97 Å². The minimum Gasteiger partial charge on any atom is -0.476 e. The number of aromatic nitrogens is 1. The Hall–Kier alpha value is -0.590. The van der Waals surface area contributed by atoms with E-state index in [0.717, 1.165) is 17.5 Å². The number of carbonyl (C=O) groups is 1. The minimum absolute atomic E-state index is 0.173. The van der Waals surface area contributed by atoms with Gasteiger partial charge in [0.1, 0.15) is 0 Å². The molecular formula is C10H14N2O2S2. The Kier molecular flexibility index (Phi) is 4.20. The van der Waals surface area contributed by atoms with Gasteiger partial charge in [0, 0.05) is 23.7 Å². The fraction of sp³-hybridized carbons (Fsp3) is 0.600.